The average Bonchev–Trinajstić information content (AvgIpc) is 2.38. The van der Waals surface area contributed by atoms with Crippen LogP contribution in [0, 0.1) is 5.82 Å². The summed E-state index contributed by atoms with van der Waals surface area (Å²) in [7, 11) is 2.09. The van der Waals surface area contributed by atoms with Crippen molar-refractivity contribution in [1.29, 1.82) is 0 Å². The van der Waals surface area contributed by atoms with E-state index in [0.29, 0.717) is 18.3 Å². The van der Waals surface area contributed by atoms with Crippen LogP contribution in [0.1, 0.15) is 6.92 Å². The number of amides is 1. The molecule has 0 radical (unpaired) electrons. The summed E-state index contributed by atoms with van der Waals surface area (Å²) in [5.41, 5.74) is 6.03. The molecule has 1 unspecified atom stereocenters. The summed E-state index contributed by atoms with van der Waals surface area (Å²) in [4.78, 5) is 16.4. The summed E-state index contributed by atoms with van der Waals surface area (Å²) in [6.07, 6.45) is 0. The monoisotopic (exact) mass is 280 g/mol. The highest BCUT2D eigenvalue weighted by Gasteiger charge is 2.22. The van der Waals surface area contributed by atoms with Crippen molar-refractivity contribution < 1.29 is 9.18 Å². The number of nitrogens with two attached hydrogens (primary N) is 1. The minimum Gasteiger partial charge on any atom is -0.396 e. The van der Waals surface area contributed by atoms with Crippen LogP contribution in [0.25, 0.3) is 0 Å². The number of halogens is 1. The van der Waals surface area contributed by atoms with E-state index in [9.17, 15) is 9.18 Å². The second-order valence-corrected chi connectivity index (χ2v) is 5.35. The summed E-state index contributed by atoms with van der Waals surface area (Å²) in [6, 6.07) is 4.64. The molecule has 0 saturated carbocycles. The second kappa shape index (κ2) is 6.19. The number of piperazine rings is 1. The van der Waals surface area contributed by atoms with Gasteiger partial charge in [-0.15, -0.1) is 0 Å². The standard InChI is InChI=1S/C14H21FN4O/c1-10-8-19(6-5-18(10)2)9-14(20)17-11-3-4-12(15)13(16)7-11/h3-4,7,10H,5-6,8-9,16H2,1-2H3,(H,17,20). The second-order valence-electron chi connectivity index (χ2n) is 5.35. The maximum absolute atomic E-state index is 13.0. The molecule has 1 aromatic rings. The molecule has 0 aromatic heterocycles. The van der Waals surface area contributed by atoms with E-state index in [-0.39, 0.29) is 11.6 Å². The van der Waals surface area contributed by atoms with Gasteiger partial charge in [0.25, 0.3) is 0 Å². The lowest BCUT2D eigenvalue weighted by atomic mass is 10.2. The van der Waals surface area contributed by atoms with Crippen molar-refractivity contribution in [2.45, 2.75) is 13.0 Å². The van der Waals surface area contributed by atoms with Crippen molar-refractivity contribution in [2.75, 3.05) is 44.3 Å². The smallest absolute Gasteiger partial charge is 0.238 e. The van der Waals surface area contributed by atoms with Gasteiger partial charge in [-0.2, -0.15) is 0 Å². The van der Waals surface area contributed by atoms with Crippen LogP contribution in [0.3, 0.4) is 0 Å². The molecule has 6 heteroatoms. The number of anilines is 2. The fourth-order valence-corrected chi connectivity index (χ4v) is 2.29. The number of rotatable bonds is 3. The molecule has 20 heavy (non-hydrogen) atoms. The van der Waals surface area contributed by atoms with Crippen LogP contribution in [-0.2, 0) is 4.79 Å². The zero-order chi connectivity index (χ0) is 14.7. The van der Waals surface area contributed by atoms with E-state index < -0.39 is 5.82 Å². The molecule has 2 rings (SSSR count). The molecule has 1 heterocycles. The minimum absolute atomic E-state index is 0.0380. The summed E-state index contributed by atoms with van der Waals surface area (Å²) in [5.74, 6) is -0.580. The topological polar surface area (TPSA) is 61.6 Å². The molecule has 1 aromatic carbocycles. The van der Waals surface area contributed by atoms with Crippen LogP contribution in [-0.4, -0.2) is 55.0 Å². The summed E-state index contributed by atoms with van der Waals surface area (Å²) in [6.45, 7) is 5.19. The number of carbonyl (C=O) groups is 1. The van der Waals surface area contributed by atoms with Crippen LogP contribution < -0.4 is 11.1 Å². The predicted octanol–water partition coefficient (Wildman–Crippen LogP) is 0.982. The maximum atomic E-state index is 13.0. The van der Waals surface area contributed by atoms with Gasteiger partial charge in [-0.1, -0.05) is 0 Å². The molecule has 1 amide bonds. The fraction of sp³-hybridized carbons (Fsp3) is 0.500. The molecule has 0 bridgehead atoms. The summed E-state index contributed by atoms with van der Waals surface area (Å²) >= 11 is 0. The molecule has 3 N–H and O–H groups in total. The molecule has 1 aliphatic heterocycles. The highest BCUT2D eigenvalue weighted by atomic mass is 19.1. The first kappa shape index (κ1) is 14.7. The number of nitrogen functional groups attached to an aromatic ring is 1. The first-order valence-electron chi connectivity index (χ1n) is 6.73. The zero-order valence-corrected chi connectivity index (χ0v) is 11.9. The predicted molar refractivity (Wildman–Crippen MR) is 78.0 cm³/mol. The third-order valence-electron chi connectivity index (χ3n) is 3.69. The van der Waals surface area contributed by atoms with Gasteiger partial charge in [0.05, 0.1) is 12.2 Å². The lowest BCUT2D eigenvalue weighted by molar-refractivity contribution is -0.117. The Hall–Kier alpha value is -1.66. The Kier molecular flexibility index (Phi) is 4.57. The van der Waals surface area contributed by atoms with E-state index in [1.807, 2.05) is 0 Å². The van der Waals surface area contributed by atoms with Crippen LogP contribution in [0.5, 0.6) is 0 Å². The summed E-state index contributed by atoms with van der Waals surface area (Å²) < 4.78 is 13.0. The number of likely N-dealkylation sites (N-methyl/N-ethyl adjacent to an activating group) is 1. The Morgan fingerprint density at radius 3 is 2.90 bits per heavy atom. The van der Waals surface area contributed by atoms with Gasteiger partial charge >= 0.3 is 0 Å². The zero-order valence-electron chi connectivity index (χ0n) is 11.9. The van der Waals surface area contributed by atoms with Crippen LogP contribution in [0.15, 0.2) is 18.2 Å². The van der Waals surface area contributed by atoms with Gasteiger partial charge in [0, 0.05) is 31.4 Å². The number of carbonyl (C=O) groups excluding carboxylic acids is 1. The molecule has 1 saturated heterocycles. The fourth-order valence-electron chi connectivity index (χ4n) is 2.29. The largest absolute Gasteiger partial charge is 0.396 e. The van der Waals surface area contributed by atoms with Crippen molar-refractivity contribution in [3.63, 3.8) is 0 Å². The number of hydrogen-bond donors (Lipinski definition) is 2. The van der Waals surface area contributed by atoms with E-state index in [4.69, 9.17) is 5.73 Å². The minimum atomic E-state index is -0.476. The molecule has 0 spiro atoms. The number of nitrogens with one attached hydrogen (secondary N) is 1. The van der Waals surface area contributed by atoms with E-state index in [1.165, 1.54) is 18.2 Å². The molecule has 5 nitrogen and oxygen atoms in total. The van der Waals surface area contributed by atoms with Gasteiger partial charge in [0.15, 0.2) is 0 Å². The third kappa shape index (κ3) is 3.68. The molecular weight excluding hydrogens is 259 g/mol. The highest BCUT2D eigenvalue weighted by Crippen LogP contribution is 2.16. The van der Waals surface area contributed by atoms with Crippen LogP contribution in [0.2, 0.25) is 0 Å². The van der Waals surface area contributed by atoms with E-state index >= 15 is 0 Å². The number of hydrogen-bond acceptors (Lipinski definition) is 4. The van der Waals surface area contributed by atoms with Crippen LogP contribution in [0.4, 0.5) is 15.8 Å². The van der Waals surface area contributed by atoms with E-state index in [1.54, 1.807) is 0 Å². The van der Waals surface area contributed by atoms with E-state index in [0.717, 1.165) is 19.6 Å². The highest BCUT2D eigenvalue weighted by molar-refractivity contribution is 5.92. The number of nitrogens with zero attached hydrogens (tertiary/aromatic N) is 2. The first-order valence-corrected chi connectivity index (χ1v) is 6.73. The third-order valence-corrected chi connectivity index (χ3v) is 3.69. The molecule has 1 atom stereocenters. The lowest BCUT2D eigenvalue weighted by Gasteiger charge is -2.37. The van der Waals surface area contributed by atoms with Gasteiger partial charge in [0.2, 0.25) is 5.91 Å². The Balaban J connectivity index is 1.87. The van der Waals surface area contributed by atoms with Crippen molar-refractivity contribution in [1.82, 2.24) is 9.80 Å². The van der Waals surface area contributed by atoms with Crippen LogP contribution >= 0.6 is 0 Å². The maximum Gasteiger partial charge on any atom is 0.238 e. The van der Waals surface area contributed by atoms with Gasteiger partial charge < -0.3 is 16.0 Å². The van der Waals surface area contributed by atoms with Gasteiger partial charge in [-0.05, 0) is 32.2 Å². The van der Waals surface area contributed by atoms with Crippen molar-refractivity contribution >= 4 is 17.3 Å². The SMILES string of the molecule is CC1CN(CC(=O)Nc2ccc(F)c(N)c2)CCN1C. The van der Waals surface area contributed by atoms with Crippen molar-refractivity contribution in [3.05, 3.63) is 24.0 Å². The summed E-state index contributed by atoms with van der Waals surface area (Å²) in [5, 5.41) is 2.74. The average molecular weight is 280 g/mol. The normalized spacial score (nSPS) is 20.9. The molecule has 1 aliphatic rings. The molecular formula is C14H21FN4O. The Labute approximate surface area is 118 Å². The quantitative estimate of drug-likeness (QED) is 0.810. The Morgan fingerprint density at radius 1 is 1.50 bits per heavy atom. The van der Waals surface area contributed by atoms with Crippen molar-refractivity contribution in [2.24, 2.45) is 0 Å². The number of benzene rings is 1. The van der Waals surface area contributed by atoms with Gasteiger partial charge in [-0.25, -0.2) is 4.39 Å². The van der Waals surface area contributed by atoms with E-state index in [2.05, 4.69) is 29.1 Å². The van der Waals surface area contributed by atoms with Gasteiger partial charge in [-0.3, -0.25) is 9.69 Å². The molecule has 1 fully saturated rings. The molecule has 0 aliphatic carbocycles. The van der Waals surface area contributed by atoms with Crippen molar-refractivity contribution in [3.8, 4) is 0 Å². The molecule has 110 valence electrons. The first-order chi connectivity index (χ1) is 9.45. The van der Waals surface area contributed by atoms with Gasteiger partial charge in [0.1, 0.15) is 5.82 Å². The lowest BCUT2D eigenvalue weighted by Crippen LogP contribution is -2.51. The Bertz CT molecular complexity index is 494. The Morgan fingerprint density at radius 2 is 2.25 bits per heavy atom.